The molecular formula is C16H22N2O4. The largest absolute Gasteiger partial charge is 0.454 e. The molecule has 0 bridgehead atoms. The predicted octanol–water partition coefficient (Wildman–Crippen LogP) is 1.85. The highest BCUT2D eigenvalue weighted by Crippen LogP contribution is 2.34. The Morgan fingerprint density at radius 3 is 2.73 bits per heavy atom. The lowest BCUT2D eigenvalue weighted by Crippen LogP contribution is -2.46. The number of hydrogen-bond acceptors (Lipinski definition) is 5. The molecule has 1 saturated heterocycles. The predicted molar refractivity (Wildman–Crippen MR) is 82.3 cm³/mol. The fourth-order valence-corrected chi connectivity index (χ4v) is 2.92. The number of benzene rings is 1. The molecule has 1 aromatic rings. The summed E-state index contributed by atoms with van der Waals surface area (Å²) in [6, 6.07) is 5.42. The van der Waals surface area contributed by atoms with E-state index in [9.17, 15) is 4.79 Å². The van der Waals surface area contributed by atoms with Crippen LogP contribution in [0, 0.1) is 0 Å². The van der Waals surface area contributed by atoms with Crippen LogP contribution in [0.2, 0.25) is 0 Å². The van der Waals surface area contributed by atoms with Gasteiger partial charge in [0.25, 0.3) is 0 Å². The van der Waals surface area contributed by atoms with E-state index in [1.807, 2.05) is 12.1 Å². The fourth-order valence-electron chi connectivity index (χ4n) is 2.92. The van der Waals surface area contributed by atoms with Crippen molar-refractivity contribution in [2.24, 2.45) is 0 Å². The highest BCUT2D eigenvalue weighted by Gasteiger charge is 2.22. The van der Waals surface area contributed by atoms with E-state index >= 15 is 0 Å². The van der Waals surface area contributed by atoms with Gasteiger partial charge in [-0.2, -0.15) is 0 Å². The Morgan fingerprint density at radius 2 is 1.95 bits per heavy atom. The molecule has 2 aliphatic rings. The molecule has 1 amide bonds. The Kier molecular flexibility index (Phi) is 4.49. The summed E-state index contributed by atoms with van der Waals surface area (Å²) in [5, 5.41) is 2.90. The van der Waals surface area contributed by atoms with Gasteiger partial charge < -0.3 is 19.5 Å². The van der Waals surface area contributed by atoms with Crippen LogP contribution in [0.5, 0.6) is 11.5 Å². The summed E-state index contributed by atoms with van der Waals surface area (Å²) in [5.41, 5.74) is 0.734. The number of hydrogen-bond donors (Lipinski definition) is 1. The molecule has 2 heterocycles. The van der Waals surface area contributed by atoms with Crippen LogP contribution < -0.4 is 14.8 Å². The van der Waals surface area contributed by atoms with Crippen LogP contribution in [-0.4, -0.2) is 49.4 Å². The van der Waals surface area contributed by atoms with Crippen LogP contribution in [0.1, 0.15) is 20.3 Å². The molecule has 0 radical (unpaired) electrons. The number of ether oxygens (including phenoxy) is 3. The summed E-state index contributed by atoms with van der Waals surface area (Å²) >= 11 is 0. The molecule has 1 aromatic carbocycles. The monoisotopic (exact) mass is 306 g/mol. The van der Waals surface area contributed by atoms with E-state index in [2.05, 4.69) is 24.1 Å². The van der Waals surface area contributed by atoms with Crippen molar-refractivity contribution in [2.75, 3.05) is 31.7 Å². The minimum Gasteiger partial charge on any atom is -0.454 e. The number of nitrogens with zero attached hydrogens (tertiary/aromatic N) is 1. The van der Waals surface area contributed by atoms with Crippen LogP contribution >= 0.6 is 0 Å². The first kappa shape index (κ1) is 15.1. The number of morpholine rings is 1. The molecule has 1 N–H and O–H groups in total. The SMILES string of the molecule is C[C@H]1CN(CCC(=O)Nc2ccc3c(c2)OCO3)C[C@H](C)O1. The van der Waals surface area contributed by atoms with Gasteiger partial charge in [-0.3, -0.25) is 9.69 Å². The second kappa shape index (κ2) is 6.54. The summed E-state index contributed by atoms with van der Waals surface area (Å²) in [7, 11) is 0. The van der Waals surface area contributed by atoms with Gasteiger partial charge in [-0.05, 0) is 26.0 Å². The first-order chi connectivity index (χ1) is 10.6. The minimum atomic E-state index is 0.00524. The molecule has 0 saturated carbocycles. The van der Waals surface area contributed by atoms with Gasteiger partial charge in [0.1, 0.15) is 0 Å². The zero-order valence-electron chi connectivity index (χ0n) is 13.0. The van der Waals surface area contributed by atoms with Gasteiger partial charge >= 0.3 is 0 Å². The van der Waals surface area contributed by atoms with E-state index in [-0.39, 0.29) is 24.9 Å². The Hall–Kier alpha value is -1.79. The average molecular weight is 306 g/mol. The van der Waals surface area contributed by atoms with E-state index in [1.54, 1.807) is 6.07 Å². The number of carbonyl (C=O) groups is 1. The van der Waals surface area contributed by atoms with Crippen molar-refractivity contribution in [3.63, 3.8) is 0 Å². The van der Waals surface area contributed by atoms with E-state index in [0.717, 1.165) is 25.3 Å². The number of amides is 1. The highest BCUT2D eigenvalue weighted by atomic mass is 16.7. The number of fused-ring (bicyclic) bond motifs is 1. The van der Waals surface area contributed by atoms with Crippen molar-refractivity contribution in [2.45, 2.75) is 32.5 Å². The van der Waals surface area contributed by atoms with Gasteiger partial charge in [-0.25, -0.2) is 0 Å². The van der Waals surface area contributed by atoms with Crippen molar-refractivity contribution in [1.29, 1.82) is 0 Å². The Labute approximate surface area is 130 Å². The smallest absolute Gasteiger partial charge is 0.231 e. The molecule has 0 aromatic heterocycles. The number of nitrogens with one attached hydrogen (secondary N) is 1. The topological polar surface area (TPSA) is 60.0 Å². The standard InChI is InChI=1S/C16H22N2O4/c1-11-8-18(9-12(2)22-11)6-5-16(19)17-13-3-4-14-15(7-13)21-10-20-14/h3-4,7,11-12H,5-6,8-10H2,1-2H3,(H,17,19)/t11-,12-/m0/s1. The molecule has 0 aliphatic carbocycles. The maximum absolute atomic E-state index is 12.1. The second-order valence-electron chi connectivity index (χ2n) is 5.88. The quantitative estimate of drug-likeness (QED) is 0.920. The second-order valence-corrected chi connectivity index (χ2v) is 5.88. The number of anilines is 1. The zero-order valence-corrected chi connectivity index (χ0v) is 13.0. The van der Waals surface area contributed by atoms with E-state index in [4.69, 9.17) is 14.2 Å². The summed E-state index contributed by atoms with van der Waals surface area (Å²) < 4.78 is 16.2. The molecule has 0 unspecified atom stereocenters. The first-order valence-electron chi connectivity index (χ1n) is 7.67. The lowest BCUT2D eigenvalue weighted by Gasteiger charge is -2.35. The summed E-state index contributed by atoms with van der Waals surface area (Å²) in [5.74, 6) is 1.40. The lowest BCUT2D eigenvalue weighted by molar-refractivity contribution is -0.117. The highest BCUT2D eigenvalue weighted by molar-refractivity contribution is 5.91. The third-order valence-corrected chi connectivity index (χ3v) is 3.81. The van der Waals surface area contributed by atoms with E-state index < -0.39 is 0 Å². The Morgan fingerprint density at radius 1 is 1.23 bits per heavy atom. The maximum atomic E-state index is 12.1. The Balaban J connectivity index is 1.48. The van der Waals surface area contributed by atoms with Crippen molar-refractivity contribution >= 4 is 11.6 Å². The normalized spacial score (nSPS) is 24.3. The van der Waals surface area contributed by atoms with Crippen LogP contribution in [0.4, 0.5) is 5.69 Å². The van der Waals surface area contributed by atoms with Gasteiger partial charge in [0.15, 0.2) is 11.5 Å². The average Bonchev–Trinajstić information content (AvgIpc) is 2.92. The number of rotatable bonds is 4. The van der Waals surface area contributed by atoms with E-state index in [0.29, 0.717) is 17.9 Å². The van der Waals surface area contributed by atoms with Gasteiger partial charge in [0.2, 0.25) is 12.7 Å². The third-order valence-electron chi connectivity index (χ3n) is 3.81. The van der Waals surface area contributed by atoms with Crippen molar-refractivity contribution < 1.29 is 19.0 Å². The maximum Gasteiger partial charge on any atom is 0.231 e. The molecule has 120 valence electrons. The molecule has 2 aliphatic heterocycles. The summed E-state index contributed by atoms with van der Waals surface area (Å²) in [4.78, 5) is 14.4. The Bertz CT molecular complexity index is 539. The van der Waals surface area contributed by atoms with Crippen molar-refractivity contribution in [1.82, 2.24) is 4.90 Å². The van der Waals surface area contributed by atoms with Gasteiger partial charge in [0.05, 0.1) is 12.2 Å². The summed E-state index contributed by atoms with van der Waals surface area (Å²) in [6.07, 6.45) is 0.912. The van der Waals surface area contributed by atoms with Gasteiger partial charge in [-0.1, -0.05) is 0 Å². The molecule has 1 fully saturated rings. The fraction of sp³-hybridized carbons (Fsp3) is 0.562. The van der Waals surface area contributed by atoms with Crippen molar-refractivity contribution in [3.8, 4) is 11.5 Å². The minimum absolute atomic E-state index is 0.00524. The summed E-state index contributed by atoms with van der Waals surface area (Å²) in [6.45, 7) is 6.86. The lowest BCUT2D eigenvalue weighted by atomic mass is 10.2. The molecule has 2 atom stereocenters. The van der Waals surface area contributed by atoms with Crippen LogP contribution in [0.3, 0.4) is 0 Å². The van der Waals surface area contributed by atoms with Gasteiger partial charge in [0, 0.05) is 37.8 Å². The number of carbonyl (C=O) groups excluding carboxylic acids is 1. The molecule has 3 rings (SSSR count). The van der Waals surface area contributed by atoms with Crippen molar-refractivity contribution in [3.05, 3.63) is 18.2 Å². The van der Waals surface area contributed by atoms with Gasteiger partial charge in [-0.15, -0.1) is 0 Å². The molecule has 6 nitrogen and oxygen atoms in total. The van der Waals surface area contributed by atoms with Crippen LogP contribution in [-0.2, 0) is 9.53 Å². The molecular weight excluding hydrogens is 284 g/mol. The first-order valence-corrected chi connectivity index (χ1v) is 7.67. The van der Waals surface area contributed by atoms with Crippen LogP contribution in [0.25, 0.3) is 0 Å². The molecule has 22 heavy (non-hydrogen) atoms. The van der Waals surface area contributed by atoms with E-state index in [1.165, 1.54) is 0 Å². The molecule has 6 heteroatoms. The van der Waals surface area contributed by atoms with Crippen LogP contribution in [0.15, 0.2) is 18.2 Å². The zero-order chi connectivity index (χ0) is 15.5. The molecule has 0 spiro atoms. The third kappa shape index (κ3) is 3.69.